The summed E-state index contributed by atoms with van der Waals surface area (Å²) in [5.41, 5.74) is -0.199. The van der Waals surface area contributed by atoms with E-state index in [0.29, 0.717) is 11.1 Å². The molecule has 8 heteroatoms. The van der Waals surface area contributed by atoms with E-state index in [-0.39, 0.29) is 18.6 Å². The summed E-state index contributed by atoms with van der Waals surface area (Å²) in [4.78, 5) is 35.4. The van der Waals surface area contributed by atoms with Crippen LogP contribution in [0.1, 0.15) is 33.6 Å². The van der Waals surface area contributed by atoms with Crippen molar-refractivity contribution in [3.63, 3.8) is 0 Å². The lowest BCUT2D eigenvalue weighted by atomic mass is 10.1. The van der Waals surface area contributed by atoms with E-state index in [1.165, 1.54) is 6.07 Å². The third-order valence-corrected chi connectivity index (χ3v) is 3.77. The lowest BCUT2D eigenvalue weighted by molar-refractivity contribution is -0.155. The lowest BCUT2D eigenvalue weighted by Crippen LogP contribution is -2.43. The Balaban J connectivity index is 2.01. The Labute approximate surface area is 162 Å². The van der Waals surface area contributed by atoms with Crippen molar-refractivity contribution in [2.45, 2.75) is 45.3 Å². The SMILES string of the molecule is CC(C)(C)OC(=O)CC[C@H](NC(=O)Nc1cccc2cc(O)ccc12)C(=O)O. The molecule has 0 saturated carbocycles. The molecule has 28 heavy (non-hydrogen) atoms. The van der Waals surface area contributed by atoms with Gasteiger partial charge in [0.2, 0.25) is 0 Å². The maximum Gasteiger partial charge on any atom is 0.326 e. The van der Waals surface area contributed by atoms with Crippen molar-refractivity contribution in [2.75, 3.05) is 5.32 Å². The Hall–Kier alpha value is -3.29. The van der Waals surface area contributed by atoms with Crippen LogP contribution in [0.15, 0.2) is 36.4 Å². The number of ether oxygens (including phenoxy) is 1. The molecule has 0 unspecified atom stereocenters. The van der Waals surface area contributed by atoms with Gasteiger partial charge in [-0.25, -0.2) is 9.59 Å². The molecule has 0 spiro atoms. The first-order valence-electron chi connectivity index (χ1n) is 8.79. The van der Waals surface area contributed by atoms with Gasteiger partial charge in [-0.15, -0.1) is 0 Å². The summed E-state index contributed by atoms with van der Waals surface area (Å²) in [5, 5.41) is 25.2. The molecule has 0 saturated heterocycles. The van der Waals surface area contributed by atoms with Gasteiger partial charge in [-0.1, -0.05) is 12.1 Å². The Kier molecular flexibility index (Phi) is 6.45. The highest BCUT2D eigenvalue weighted by atomic mass is 16.6. The minimum Gasteiger partial charge on any atom is -0.508 e. The van der Waals surface area contributed by atoms with Crippen molar-refractivity contribution in [3.05, 3.63) is 36.4 Å². The van der Waals surface area contributed by atoms with Crippen LogP contribution in [0.4, 0.5) is 10.5 Å². The summed E-state index contributed by atoms with van der Waals surface area (Å²) in [6.45, 7) is 5.15. The molecule has 2 aromatic rings. The van der Waals surface area contributed by atoms with Gasteiger partial charge in [-0.3, -0.25) is 4.79 Å². The average Bonchev–Trinajstić information content (AvgIpc) is 2.56. The van der Waals surface area contributed by atoms with Crippen molar-refractivity contribution in [2.24, 2.45) is 0 Å². The van der Waals surface area contributed by atoms with Crippen molar-refractivity contribution >= 4 is 34.4 Å². The summed E-state index contributed by atoms with van der Waals surface area (Å²) < 4.78 is 5.15. The number of urea groups is 1. The minimum atomic E-state index is -1.25. The van der Waals surface area contributed by atoms with E-state index in [1.807, 2.05) is 0 Å². The van der Waals surface area contributed by atoms with Gasteiger partial charge in [0.05, 0.1) is 5.69 Å². The molecule has 0 bridgehead atoms. The molecule has 0 heterocycles. The highest BCUT2D eigenvalue weighted by molar-refractivity contribution is 6.02. The zero-order valence-electron chi connectivity index (χ0n) is 16.0. The van der Waals surface area contributed by atoms with Crippen molar-refractivity contribution in [1.82, 2.24) is 5.32 Å². The largest absolute Gasteiger partial charge is 0.508 e. The van der Waals surface area contributed by atoms with Crippen molar-refractivity contribution < 1.29 is 29.3 Å². The number of aliphatic carboxylic acids is 1. The molecule has 1 atom stereocenters. The number of rotatable bonds is 6. The fraction of sp³-hybridized carbons (Fsp3) is 0.350. The number of amides is 2. The number of fused-ring (bicyclic) bond motifs is 1. The fourth-order valence-corrected chi connectivity index (χ4v) is 2.61. The van der Waals surface area contributed by atoms with Crippen LogP contribution in [0.25, 0.3) is 10.8 Å². The topological polar surface area (TPSA) is 125 Å². The molecule has 2 rings (SSSR count). The normalized spacial score (nSPS) is 12.2. The first-order chi connectivity index (χ1) is 13.0. The number of carboxylic acids is 1. The number of phenolic OH excluding ortho intramolecular Hbond substituents is 1. The van der Waals surface area contributed by atoms with Gasteiger partial charge in [0.15, 0.2) is 0 Å². The monoisotopic (exact) mass is 388 g/mol. The summed E-state index contributed by atoms with van der Waals surface area (Å²) >= 11 is 0. The first kappa shape index (κ1) is 21.0. The molecular weight excluding hydrogens is 364 g/mol. The maximum absolute atomic E-state index is 12.3. The second-order valence-corrected chi connectivity index (χ2v) is 7.33. The van der Waals surface area contributed by atoms with Crippen molar-refractivity contribution in [3.8, 4) is 5.75 Å². The summed E-state index contributed by atoms with van der Waals surface area (Å²) in [6, 6.07) is 7.88. The smallest absolute Gasteiger partial charge is 0.326 e. The van der Waals surface area contributed by atoms with Crippen LogP contribution in [-0.4, -0.2) is 39.8 Å². The van der Waals surface area contributed by atoms with E-state index in [1.54, 1.807) is 51.1 Å². The predicted molar refractivity (Wildman–Crippen MR) is 104 cm³/mol. The van der Waals surface area contributed by atoms with Crippen LogP contribution in [-0.2, 0) is 14.3 Å². The maximum atomic E-state index is 12.3. The number of phenols is 1. The van der Waals surface area contributed by atoms with E-state index in [4.69, 9.17) is 4.74 Å². The molecule has 2 amide bonds. The van der Waals surface area contributed by atoms with Gasteiger partial charge < -0.3 is 25.6 Å². The molecule has 0 aliphatic heterocycles. The molecular formula is C20H24N2O6. The fourth-order valence-electron chi connectivity index (χ4n) is 2.61. The average molecular weight is 388 g/mol. The van der Waals surface area contributed by atoms with Crippen LogP contribution in [0.2, 0.25) is 0 Å². The second kappa shape index (κ2) is 8.60. The van der Waals surface area contributed by atoms with Crippen LogP contribution in [0.3, 0.4) is 0 Å². The van der Waals surface area contributed by atoms with Gasteiger partial charge in [0.25, 0.3) is 0 Å². The number of benzene rings is 2. The quantitative estimate of drug-likeness (QED) is 0.563. The van der Waals surface area contributed by atoms with E-state index in [2.05, 4.69) is 10.6 Å². The second-order valence-electron chi connectivity index (χ2n) is 7.33. The number of hydrogen-bond donors (Lipinski definition) is 4. The molecule has 8 nitrogen and oxygen atoms in total. The van der Waals surface area contributed by atoms with Crippen LogP contribution in [0.5, 0.6) is 5.75 Å². The third kappa shape index (κ3) is 6.15. The van der Waals surface area contributed by atoms with Gasteiger partial charge in [-0.05, 0) is 56.8 Å². The van der Waals surface area contributed by atoms with E-state index in [9.17, 15) is 24.6 Å². The summed E-state index contributed by atoms with van der Waals surface area (Å²) in [7, 11) is 0. The first-order valence-corrected chi connectivity index (χ1v) is 8.79. The molecule has 0 aliphatic carbocycles. The molecule has 0 radical (unpaired) electrons. The van der Waals surface area contributed by atoms with Crippen LogP contribution >= 0.6 is 0 Å². The number of hydrogen-bond acceptors (Lipinski definition) is 5. The predicted octanol–water partition coefficient (Wildman–Crippen LogP) is 3.24. The zero-order chi connectivity index (χ0) is 20.9. The summed E-state index contributed by atoms with van der Waals surface area (Å²) in [5.74, 6) is -1.68. The zero-order valence-corrected chi connectivity index (χ0v) is 16.0. The number of carboxylic acid groups (broad SMARTS) is 1. The number of esters is 1. The summed E-state index contributed by atoms with van der Waals surface area (Å²) in [6.07, 6.45) is -0.233. The Morgan fingerprint density at radius 2 is 1.86 bits per heavy atom. The Morgan fingerprint density at radius 3 is 2.50 bits per heavy atom. The molecule has 0 aliphatic rings. The molecule has 0 fully saturated rings. The highest BCUT2D eigenvalue weighted by Gasteiger charge is 2.23. The number of nitrogens with one attached hydrogen (secondary N) is 2. The Bertz CT molecular complexity index is 888. The van der Waals surface area contributed by atoms with Crippen LogP contribution < -0.4 is 10.6 Å². The van der Waals surface area contributed by atoms with E-state index < -0.39 is 29.6 Å². The van der Waals surface area contributed by atoms with E-state index in [0.717, 1.165) is 5.39 Å². The molecule has 0 aromatic heterocycles. The molecule has 150 valence electrons. The Morgan fingerprint density at radius 1 is 1.14 bits per heavy atom. The van der Waals surface area contributed by atoms with Gasteiger partial charge in [0, 0.05) is 11.8 Å². The van der Waals surface area contributed by atoms with Crippen LogP contribution in [0, 0.1) is 0 Å². The van der Waals surface area contributed by atoms with Gasteiger partial charge >= 0.3 is 18.0 Å². The molecule has 2 aromatic carbocycles. The van der Waals surface area contributed by atoms with E-state index >= 15 is 0 Å². The van der Waals surface area contributed by atoms with Gasteiger partial charge in [-0.2, -0.15) is 0 Å². The highest BCUT2D eigenvalue weighted by Crippen LogP contribution is 2.26. The number of anilines is 1. The minimum absolute atomic E-state index is 0.0962. The lowest BCUT2D eigenvalue weighted by Gasteiger charge is -2.20. The number of aromatic hydroxyl groups is 1. The van der Waals surface area contributed by atoms with Crippen molar-refractivity contribution in [1.29, 1.82) is 0 Å². The number of carbonyl (C=O) groups is 3. The third-order valence-electron chi connectivity index (χ3n) is 3.77. The number of carbonyl (C=O) groups excluding carboxylic acids is 2. The molecule has 4 N–H and O–H groups in total. The standard InChI is InChI=1S/C20H24N2O6/c1-20(2,3)28-17(24)10-9-16(18(25)26)22-19(27)21-15-6-4-5-12-11-13(23)7-8-14(12)15/h4-8,11,16,23H,9-10H2,1-3H3,(H,25,26)(H2,21,22,27)/t16-/m0/s1. The van der Waals surface area contributed by atoms with Gasteiger partial charge in [0.1, 0.15) is 17.4 Å².